The van der Waals surface area contributed by atoms with Crippen molar-refractivity contribution in [2.45, 2.75) is 38.6 Å². The average Bonchev–Trinajstić information content (AvgIpc) is 2.59. The Morgan fingerprint density at radius 1 is 1.40 bits per heavy atom. The topological polar surface area (TPSA) is 43.8 Å². The third-order valence-electron chi connectivity index (χ3n) is 2.96. The van der Waals surface area contributed by atoms with Gasteiger partial charge in [0.15, 0.2) is 0 Å². The van der Waals surface area contributed by atoms with Crippen molar-refractivity contribution < 1.29 is 0 Å². The highest BCUT2D eigenvalue weighted by Crippen LogP contribution is 2.24. The molecule has 1 aromatic heterocycles. The summed E-state index contributed by atoms with van der Waals surface area (Å²) in [4.78, 5) is 0. The van der Waals surface area contributed by atoms with Crippen LogP contribution in [0.5, 0.6) is 0 Å². The molecule has 15 heavy (non-hydrogen) atoms. The second-order valence-electron chi connectivity index (χ2n) is 3.98. The average molecular weight is 203 g/mol. The fourth-order valence-corrected chi connectivity index (χ4v) is 2.31. The van der Waals surface area contributed by atoms with Crippen LogP contribution in [0.25, 0.3) is 0 Å². The van der Waals surface area contributed by atoms with Crippen LogP contribution in [-0.4, -0.2) is 16.3 Å². The lowest BCUT2D eigenvalue weighted by Gasteiger charge is -2.10. The van der Waals surface area contributed by atoms with E-state index >= 15 is 0 Å². The van der Waals surface area contributed by atoms with Gasteiger partial charge in [-0.15, -0.1) is 6.42 Å². The Labute approximate surface area is 90.7 Å². The Kier molecular flexibility index (Phi) is 3.08. The standard InChI is InChI=1S/C12H17N3/c1-2-9-15-12(7-8-13)10-5-3-4-6-11(10)14-15/h1H,3-9,13H2. The minimum Gasteiger partial charge on any atom is -0.330 e. The van der Waals surface area contributed by atoms with E-state index in [2.05, 4.69) is 11.0 Å². The molecular weight excluding hydrogens is 186 g/mol. The molecule has 0 unspecified atom stereocenters. The number of hydrogen-bond donors (Lipinski definition) is 1. The van der Waals surface area contributed by atoms with Gasteiger partial charge in [-0.25, -0.2) is 0 Å². The van der Waals surface area contributed by atoms with Crippen LogP contribution in [0.2, 0.25) is 0 Å². The van der Waals surface area contributed by atoms with Crippen LogP contribution in [0.4, 0.5) is 0 Å². The molecule has 0 bridgehead atoms. The fourth-order valence-electron chi connectivity index (χ4n) is 2.31. The quantitative estimate of drug-likeness (QED) is 0.742. The van der Waals surface area contributed by atoms with Crippen molar-refractivity contribution in [2.24, 2.45) is 5.73 Å². The van der Waals surface area contributed by atoms with Crippen molar-refractivity contribution in [3.05, 3.63) is 17.0 Å². The molecule has 0 fully saturated rings. The van der Waals surface area contributed by atoms with Crippen LogP contribution >= 0.6 is 0 Å². The lowest BCUT2D eigenvalue weighted by atomic mass is 9.95. The molecule has 0 atom stereocenters. The molecule has 0 amide bonds. The molecule has 0 saturated carbocycles. The molecule has 2 N–H and O–H groups in total. The fraction of sp³-hybridized carbons (Fsp3) is 0.583. The number of nitrogens with two attached hydrogens (primary N) is 1. The zero-order valence-electron chi connectivity index (χ0n) is 9.00. The molecule has 0 spiro atoms. The normalized spacial score (nSPS) is 14.7. The Bertz CT molecular complexity index is 384. The molecule has 0 aliphatic heterocycles. The van der Waals surface area contributed by atoms with Gasteiger partial charge in [-0.2, -0.15) is 5.10 Å². The summed E-state index contributed by atoms with van der Waals surface area (Å²) in [5.74, 6) is 2.65. The van der Waals surface area contributed by atoms with Gasteiger partial charge in [0.2, 0.25) is 0 Å². The number of terminal acetylenes is 1. The summed E-state index contributed by atoms with van der Waals surface area (Å²) in [6.07, 6.45) is 11.0. The minimum atomic E-state index is 0.572. The molecule has 2 rings (SSSR count). The van der Waals surface area contributed by atoms with Gasteiger partial charge in [-0.1, -0.05) is 5.92 Å². The number of aromatic nitrogens is 2. The molecule has 3 heteroatoms. The van der Waals surface area contributed by atoms with Crippen molar-refractivity contribution in [1.29, 1.82) is 0 Å². The van der Waals surface area contributed by atoms with Crippen LogP contribution < -0.4 is 5.73 Å². The molecule has 1 heterocycles. The smallest absolute Gasteiger partial charge is 0.102 e. The molecule has 1 aliphatic carbocycles. The Hall–Kier alpha value is -1.27. The number of fused-ring (bicyclic) bond motifs is 1. The van der Waals surface area contributed by atoms with E-state index in [1.54, 1.807) is 0 Å². The zero-order chi connectivity index (χ0) is 10.7. The SMILES string of the molecule is C#CCn1nc2c(c1CCN)CCCC2. The van der Waals surface area contributed by atoms with Gasteiger partial charge >= 0.3 is 0 Å². The van der Waals surface area contributed by atoms with Crippen LogP contribution in [0.1, 0.15) is 29.8 Å². The largest absolute Gasteiger partial charge is 0.330 e. The molecule has 1 aromatic rings. The van der Waals surface area contributed by atoms with E-state index in [9.17, 15) is 0 Å². The maximum atomic E-state index is 5.63. The van der Waals surface area contributed by atoms with Gasteiger partial charge < -0.3 is 5.73 Å². The highest BCUT2D eigenvalue weighted by molar-refractivity contribution is 5.29. The predicted molar refractivity (Wildman–Crippen MR) is 60.5 cm³/mol. The number of hydrogen-bond acceptors (Lipinski definition) is 2. The molecule has 0 saturated heterocycles. The van der Waals surface area contributed by atoms with Crippen LogP contribution in [-0.2, 0) is 25.8 Å². The first-order chi connectivity index (χ1) is 7.36. The summed E-state index contributed by atoms with van der Waals surface area (Å²) in [5.41, 5.74) is 9.56. The lowest BCUT2D eigenvalue weighted by molar-refractivity contribution is 0.646. The summed E-state index contributed by atoms with van der Waals surface area (Å²) >= 11 is 0. The summed E-state index contributed by atoms with van der Waals surface area (Å²) in [7, 11) is 0. The van der Waals surface area contributed by atoms with Gasteiger partial charge in [0.25, 0.3) is 0 Å². The summed E-state index contributed by atoms with van der Waals surface area (Å²) in [5, 5.41) is 4.58. The highest BCUT2D eigenvalue weighted by Gasteiger charge is 2.19. The maximum Gasteiger partial charge on any atom is 0.102 e. The maximum absolute atomic E-state index is 5.63. The van der Waals surface area contributed by atoms with E-state index < -0.39 is 0 Å². The van der Waals surface area contributed by atoms with Gasteiger partial charge in [0.05, 0.1) is 5.69 Å². The first-order valence-corrected chi connectivity index (χ1v) is 5.57. The molecular formula is C12H17N3. The van der Waals surface area contributed by atoms with Crippen molar-refractivity contribution in [1.82, 2.24) is 9.78 Å². The number of aryl methyl sites for hydroxylation is 1. The van der Waals surface area contributed by atoms with Crippen LogP contribution in [0.3, 0.4) is 0 Å². The summed E-state index contributed by atoms with van der Waals surface area (Å²) in [6.45, 7) is 1.24. The number of nitrogens with zero attached hydrogens (tertiary/aromatic N) is 2. The van der Waals surface area contributed by atoms with E-state index in [0.29, 0.717) is 13.1 Å². The van der Waals surface area contributed by atoms with E-state index in [1.165, 1.54) is 29.8 Å². The van der Waals surface area contributed by atoms with Gasteiger partial charge in [-0.05, 0) is 37.8 Å². The van der Waals surface area contributed by atoms with Crippen LogP contribution in [0, 0.1) is 12.3 Å². The molecule has 0 radical (unpaired) electrons. The van der Waals surface area contributed by atoms with Crippen LogP contribution in [0.15, 0.2) is 0 Å². The third-order valence-corrected chi connectivity index (χ3v) is 2.96. The first kappa shape index (κ1) is 10.3. The van der Waals surface area contributed by atoms with E-state index in [1.807, 2.05) is 4.68 Å². The molecule has 3 nitrogen and oxygen atoms in total. The summed E-state index contributed by atoms with van der Waals surface area (Å²) < 4.78 is 1.96. The predicted octanol–water partition coefficient (Wildman–Crippen LogP) is 0.896. The van der Waals surface area contributed by atoms with E-state index in [4.69, 9.17) is 12.2 Å². The van der Waals surface area contributed by atoms with E-state index in [0.717, 1.165) is 19.3 Å². The van der Waals surface area contributed by atoms with Gasteiger partial charge in [0.1, 0.15) is 6.54 Å². The first-order valence-electron chi connectivity index (χ1n) is 5.57. The van der Waals surface area contributed by atoms with Crippen molar-refractivity contribution in [2.75, 3.05) is 6.54 Å². The lowest BCUT2D eigenvalue weighted by Crippen LogP contribution is -2.11. The Balaban J connectivity index is 2.37. The zero-order valence-corrected chi connectivity index (χ0v) is 9.00. The van der Waals surface area contributed by atoms with Crippen molar-refractivity contribution in [3.63, 3.8) is 0 Å². The monoisotopic (exact) mass is 203 g/mol. The highest BCUT2D eigenvalue weighted by atomic mass is 15.3. The molecule has 1 aliphatic rings. The second kappa shape index (κ2) is 4.50. The Morgan fingerprint density at radius 3 is 2.93 bits per heavy atom. The second-order valence-corrected chi connectivity index (χ2v) is 3.98. The van der Waals surface area contributed by atoms with Gasteiger partial charge in [0, 0.05) is 12.1 Å². The Morgan fingerprint density at radius 2 is 2.20 bits per heavy atom. The number of rotatable bonds is 3. The van der Waals surface area contributed by atoms with E-state index in [-0.39, 0.29) is 0 Å². The molecule has 0 aromatic carbocycles. The molecule has 80 valence electrons. The minimum absolute atomic E-state index is 0.572. The van der Waals surface area contributed by atoms with Crippen molar-refractivity contribution >= 4 is 0 Å². The van der Waals surface area contributed by atoms with Crippen molar-refractivity contribution in [3.8, 4) is 12.3 Å². The third kappa shape index (κ3) is 1.91. The van der Waals surface area contributed by atoms with Gasteiger partial charge in [-0.3, -0.25) is 4.68 Å². The summed E-state index contributed by atoms with van der Waals surface area (Å²) in [6, 6.07) is 0.